The maximum Gasteiger partial charge on any atom is 0.258 e. The van der Waals surface area contributed by atoms with E-state index in [1.54, 1.807) is 29.5 Å². The first-order valence-electron chi connectivity index (χ1n) is 8.71. The standard InChI is InChI=1S/C21H18ClFN2O3S/c1-28-19-6-4-15(24-20(26)7-2-13-8-9-29-12-13)11-18(19)25-21(27)16-5-3-14(22)10-17(16)23/h3-6,8-12H,2,7H2,1H3,(H,24,26)(H,25,27). The van der Waals surface area contributed by atoms with Crippen molar-refractivity contribution in [2.45, 2.75) is 12.8 Å². The molecule has 0 atom stereocenters. The Morgan fingerprint density at radius 3 is 2.66 bits per heavy atom. The number of nitrogens with one attached hydrogen (secondary N) is 2. The van der Waals surface area contributed by atoms with Crippen molar-refractivity contribution < 1.29 is 18.7 Å². The highest BCUT2D eigenvalue weighted by Crippen LogP contribution is 2.29. The van der Waals surface area contributed by atoms with Crippen molar-refractivity contribution in [1.29, 1.82) is 0 Å². The van der Waals surface area contributed by atoms with Crippen molar-refractivity contribution >= 4 is 46.1 Å². The van der Waals surface area contributed by atoms with Crippen molar-refractivity contribution in [3.63, 3.8) is 0 Å². The molecule has 0 spiro atoms. The summed E-state index contributed by atoms with van der Waals surface area (Å²) in [5, 5.41) is 9.57. The molecular formula is C21H18ClFN2O3S. The Kier molecular flexibility index (Phi) is 6.85. The van der Waals surface area contributed by atoms with Gasteiger partial charge in [-0.15, -0.1) is 0 Å². The number of hydrogen-bond donors (Lipinski definition) is 2. The van der Waals surface area contributed by atoms with Gasteiger partial charge in [0.05, 0.1) is 18.4 Å². The normalized spacial score (nSPS) is 10.4. The fraction of sp³-hybridized carbons (Fsp3) is 0.143. The van der Waals surface area contributed by atoms with Crippen LogP contribution in [0.3, 0.4) is 0 Å². The highest BCUT2D eigenvalue weighted by molar-refractivity contribution is 7.07. The molecule has 0 aliphatic rings. The number of anilines is 2. The fourth-order valence-corrected chi connectivity index (χ4v) is 3.52. The second-order valence-electron chi connectivity index (χ2n) is 6.17. The van der Waals surface area contributed by atoms with Gasteiger partial charge in [-0.25, -0.2) is 4.39 Å². The van der Waals surface area contributed by atoms with E-state index in [9.17, 15) is 14.0 Å². The van der Waals surface area contributed by atoms with E-state index in [0.717, 1.165) is 11.6 Å². The second-order valence-corrected chi connectivity index (χ2v) is 7.39. The zero-order chi connectivity index (χ0) is 20.8. The Bertz CT molecular complexity index is 1020. The molecule has 1 heterocycles. The fourth-order valence-electron chi connectivity index (χ4n) is 2.66. The van der Waals surface area contributed by atoms with E-state index in [2.05, 4.69) is 10.6 Å². The van der Waals surface area contributed by atoms with Gasteiger partial charge in [-0.2, -0.15) is 11.3 Å². The summed E-state index contributed by atoms with van der Waals surface area (Å²) in [4.78, 5) is 24.7. The zero-order valence-corrected chi connectivity index (χ0v) is 17.1. The van der Waals surface area contributed by atoms with Crippen LogP contribution in [0, 0.1) is 5.82 Å². The molecule has 0 unspecified atom stereocenters. The highest BCUT2D eigenvalue weighted by Gasteiger charge is 2.15. The summed E-state index contributed by atoms with van der Waals surface area (Å²) in [5.41, 5.74) is 1.76. The predicted molar refractivity (Wildman–Crippen MR) is 114 cm³/mol. The Morgan fingerprint density at radius 2 is 1.97 bits per heavy atom. The molecule has 0 saturated carbocycles. The van der Waals surface area contributed by atoms with Crippen LogP contribution in [0.15, 0.2) is 53.2 Å². The summed E-state index contributed by atoms with van der Waals surface area (Å²) < 4.78 is 19.3. The number of hydrogen-bond acceptors (Lipinski definition) is 4. The van der Waals surface area contributed by atoms with Gasteiger partial charge in [0.1, 0.15) is 11.6 Å². The van der Waals surface area contributed by atoms with Crippen LogP contribution in [0.2, 0.25) is 5.02 Å². The highest BCUT2D eigenvalue weighted by atomic mass is 35.5. The molecule has 0 aliphatic carbocycles. The van der Waals surface area contributed by atoms with E-state index in [1.165, 1.54) is 19.2 Å². The summed E-state index contributed by atoms with van der Waals surface area (Å²) in [6.45, 7) is 0. The lowest BCUT2D eigenvalue weighted by Crippen LogP contribution is -2.16. The molecule has 3 aromatic rings. The maximum absolute atomic E-state index is 14.0. The molecule has 5 nitrogen and oxygen atoms in total. The molecule has 0 aliphatic heterocycles. The molecule has 3 rings (SSSR count). The molecule has 29 heavy (non-hydrogen) atoms. The van der Waals surface area contributed by atoms with Gasteiger partial charge >= 0.3 is 0 Å². The Hall–Kier alpha value is -2.90. The number of halogens is 2. The van der Waals surface area contributed by atoms with Gasteiger partial charge in [-0.1, -0.05) is 11.6 Å². The van der Waals surface area contributed by atoms with Gasteiger partial charge in [-0.3, -0.25) is 9.59 Å². The van der Waals surface area contributed by atoms with Crippen molar-refractivity contribution in [2.75, 3.05) is 17.7 Å². The summed E-state index contributed by atoms with van der Waals surface area (Å²) in [6, 6.07) is 10.6. The summed E-state index contributed by atoms with van der Waals surface area (Å²) in [5.74, 6) is -1.16. The zero-order valence-electron chi connectivity index (χ0n) is 15.5. The summed E-state index contributed by atoms with van der Waals surface area (Å²) in [6.07, 6.45) is 0.978. The number of ether oxygens (including phenoxy) is 1. The van der Waals surface area contributed by atoms with E-state index in [1.807, 2.05) is 16.8 Å². The van der Waals surface area contributed by atoms with Crippen LogP contribution in [0.5, 0.6) is 5.75 Å². The molecule has 0 bridgehead atoms. The van der Waals surface area contributed by atoms with Crippen molar-refractivity contribution in [2.24, 2.45) is 0 Å². The quantitative estimate of drug-likeness (QED) is 0.527. The predicted octanol–water partition coefficient (Wildman–Crippen LogP) is 5.37. The van der Waals surface area contributed by atoms with E-state index < -0.39 is 11.7 Å². The third-order valence-corrected chi connectivity index (χ3v) is 5.10. The van der Waals surface area contributed by atoms with Gasteiger partial charge in [-0.05, 0) is 65.2 Å². The molecule has 0 fully saturated rings. The lowest BCUT2D eigenvalue weighted by molar-refractivity contribution is -0.116. The number of carbonyl (C=O) groups is 2. The van der Waals surface area contributed by atoms with E-state index >= 15 is 0 Å². The smallest absolute Gasteiger partial charge is 0.258 e. The number of benzene rings is 2. The van der Waals surface area contributed by atoms with Crippen molar-refractivity contribution in [1.82, 2.24) is 0 Å². The lowest BCUT2D eigenvalue weighted by atomic mass is 10.1. The van der Waals surface area contributed by atoms with Crippen LogP contribution in [-0.4, -0.2) is 18.9 Å². The monoisotopic (exact) mass is 432 g/mol. The average molecular weight is 433 g/mol. The first kappa shape index (κ1) is 20.8. The lowest BCUT2D eigenvalue weighted by Gasteiger charge is -2.13. The molecule has 2 N–H and O–H groups in total. The van der Waals surface area contributed by atoms with Crippen LogP contribution in [-0.2, 0) is 11.2 Å². The molecular weight excluding hydrogens is 415 g/mol. The Morgan fingerprint density at radius 1 is 1.14 bits per heavy atom. The Labute approximate surface area is 176 Å². The minimum absolute atomic E-state index is 0.151. The van der Waals surface area contributed by atoms with E-state index in [-0.39, 0.29) is 16.5 Å². The molecule has 8 heteroatoms. The minimum atomic E-state index is -0.730. The number of aryl methyl sites for hydroxylation is 1. The van der Waals surface area contributed by atoms with Crippen molar-refractivity contribution in [3.8, 4) is 5.75 Å². The third kappa shape index (κ3) is 5.56. The number of thiophene rings is 1. The Balaban J connectivity index is 1.71. The second kappa shape index (κ2) is 9.54. The largest absolute Gasteiger partial charge is 0.495 e. The number of carbonyl (C=O) groups excluding carboxylic acids is 2. The van der Waals surface area contributed by atoms with Gasteiger partial charge in [0.15, 0.2) is 0 Å². The molecule has 2 amide bonds. The molecule has 2 aromatic carbocycles. The molecule has 150 valence electrons. The number of methoxy groups -OCH3 is 1. The van der Waals surface area contributed by atoms with Crippen LogP contribution in [0.25, 0.3) is 0 Å². The maximum atomic E-state index is 14.0. The van der Waals surface area contributed by atoms with E-state index in [0.29, 0.717) is 30.0 Å². The van der Waals surface area contributed by atoms with Crippen LogP contribution >= 0.6 is 22.9 Å². The summed E-state index contributed by atoms with van der Waals surface area (Å²) >= 11 is 7.31. The van der Waals surface area contributed by atoms with Crippen LogP contribution < -0.4 is 15.4 Å². The minimum Gasteiger partial charge on any atom is -0.495 e. The first-order chi connectivity index (χ1) is 14.0. The topological polar surface area (TPSA) is 67.4 Å². The number of amides is 2. The molecule has 0 radical (unpaired) electrons. The summed E-state index contributed by atoms with van der Waals surface area (Å²) in [7, 11) is 1.45. The molecule has 1 aromatic heterocycles. The number of rotatable bonds is 7. The van der Waals surface area contributed by atoms with Gasteiger partial charge in [0.25, 0.3) is 5.91 Å². The average Bonchev–Trinajstić information content (AvgIpc) is 3.20. The van der Waals surface area contributed by atoms with Crippen molar-refractivity contribution in [3.05, 3.63) is 75.2 Å². The third-order valence-electron chi connectivity index (χ3n) is 4.13. The van der Waals surface area contributed by atoms with Crippen LogP contribution in [0.4, 0.5) is 15.8 Å². The van der Waals surface area contributed by atoms with Gasteiger partial charge < -0.3 is 15.4 Å². The van der Waals surface area contributed by atoms with Crippen LogP contribution in [0.1, 0.15) is 22.3 Å². The molecule has 0 saturated heterocycles. The van der Waals surface area contributed by atoms with Gasteiger partial charge in [0.2, 0.25) is 5.91 Å². The van der Waals surface area contributed by atoms with E-state index in [4.69, 9.17) is 16.3 Å². The van der Waals surface area contributed by atoms with Gasteiger partial charge in [0, 0.05) is 17.1 Å². The first-order valence-corrected chi connectivity index (χ1v) is 10.0. The SMILES string of the molecule is COc1ccc(NC(=O)CCc2ccsc2)cc1NC(=O)c1ccc(Cl)cc1F.